The van der Waals surface area contributed by atoms with Gasteiger partial charge in [-0.05, 0) is 19.1 Å². The van der Waals surface area contributed by atoms with Crippen molar-refractivity contribution in [2.24, 2.45) is 0 Å². The first-order valence-corrected chi connectivity index (χ1v) is 5.04. The number of carbonyl (C=O) groups is 1. The predicted octanol–water partition coefficient (Wildman–Crippen LogP) is 2.17. The number of para-hydroxylation sites is 1. The summed E-state index contributed by atoms with van der Waals surface area (Å²) in [6.45, 7) is 0.195. The molecule has 0 spiro atoms. The lowest BCUT2D eigenvalue weighted by atomic mass is 10.2. The zero-order chi connectivity index (χ0) is 12.9. The Labute approximate surface area is 97.0 Å². The number of halogens is 3. The lowest BCUT2D eigenvalue weighted by molar-refractivity contribution is -0.129. The van der Waals surface area contributed by atoms with Gasteiger partial charge in [0.25, 0.3) is 0 Å². The number of hydrogen-bond acceptors (Lipinski definition) is 2. The maximum atomic E-state index is 11.9. The molecule has 0 aliphatic heterocycles. The molecule has 1 amide bonds. The molecule has 0 heterocycles. The standard InChI is InChI=1S/C11H13F3N2O/c1-8(15-7-11(12,13)14)10(17)16-9-5-3-2-4-6-9/h2-6,8,15H,7H2,1H3,(H,16,17). The maximum absolute atomic E-state index is 11.9. The zero-order valence-corrected chi connectivity index (χ0v) is 9.21. The first-order valence-electron chi connectivity index (χ1n) is 5.04. The van der Waals surface area contributed by atoms with Gasteiger partial charge in [-0.15, -0.1) is 0 Å². The van der Waals surface area contributed by atoms with Gasteiger partial charge in [0.2, 0.25) is 5.91 Å². The molecule has 1 aromatic carbocycles. The molecule has 1 unspecified atom stereocenters. The number of hydrogen-bond donors (Lipinski definition) is 2. The average Bonchev–Trinajstić information content (AvgIpc) is 2.26. The van der Waals surface area contributed by atoms with Crippen molar-refractivity contribution in [3.05, 3.63) is 30.3 Å². The minimum absolute atomic E-state index is 0.500. The summed E-state index contributed by atoms with van der Waals surface area (Å²) in [5, 5.41) is 4.61. The fourth-order valence-electron chi connectivity index (χ4n) is 1.13. The highest BCUT2D eigenvalue weighted by Gasteiger charge is 2.28. The molecule has 0 radical (unpaired) electrons. The van der Waals surface area contributed by atoms with Crippen molar-refractivity contribution in [1.82, 2.24) is 5.32 Å². The molecule has 1 atom stereocenters. The summed E-state index contributed by atoms with van der Waals surface area (Å²) in [6.07, 6.45) is -4.32. The Kier molecular flexibility index (Phi) is 4.51. The van der Waals surface area contributed by atoms with Gasteiger partial charge >= 0.3 is 6.18 Å². The van der Waals surface area contributed by atoms with Gasteiger partial charge in [0.1, 0.15) is 0 Å². The molecule has 1 aromatic rings. The van der Waals surface area contributed by atoms with E-state index >= 15 is 0 Å². The van der Waals surface area contributed by atoms with Crippen LogP contribution in [-0.4, -0.2) is 24.7 Å². The Morgan fingerprint density at radius 2 is 1.88 bits per heavy atom. The van der Waals surface area contributed by atoms with Gasteiger partial charge in [0.15, 0.2) is 0 Å². The molecule has 6 heteroatoms. The topological polar surface area (TPSA) is 41.1 Å². The molecular weight excluding hydrogens is 233 g/mol. The van der Waals surface area contributed by atoms with Crippen molar-refractivity contribution in [2.75, 3.05) is 11.9 Å². The van der Waals surface area contributed by atoms with Crippen molar-refractivity contribution in [3.63, 3.8) is 0 Å². The van der Waals surface area contributed by atoms with E-state index in [0.29, 0.717) is 5.69 Å². The Hall–Kier alpha value is -1.56. The van der Waals surface area contributed by atoms with Gasteiger partial charge in [-0.2, -0.15) is 13.2 Å². The molecule has 1 rings (SSSR count). The van der Waals surface area contributed by atoms with E-state index in [4.69, 9.17) is 0 Å². The van der Waals surface area contributed by atoms with Gasteiger partial charge < -0.3 is 5.32 Å². The van der Waals surface area contributed by atoms with Crippen LogP contribution in [0.25, 0.3) is 0 Å². The molecule has 0 bridgehead atoms. The van der Waals surface area contributed by atoms with Crippen LogP contribution in [0.2, 0.25) is 0 Å². The third-order valence-electron chi connectivity index (χ3n) is 2.04. The van der Waals surface area contributed by atoms with Crippen LogP contribution in [0.3, 0.4) is 0 Å². The molecule has 0 saturated carbocycles. The van der Waals surface area contributed by atoms with E-state index in [0.717, 1.165) is 0 Å². The smallest absolute Gasteiger partial charge is 0.325 e. The molecule has 0 aliphatic carbocycles. The molecule has 94 valence electrons. The van der Waals surface area contributed by atoms with Crippen LogP contribution in [0.1, 0.15) is 6.92 Å². The number of alkyl halides is 3. The average molecular weight is 246 g/mol. The molecule has 0 saturated heterocycles. The largest absolute Gasteiger partial charge is 0.401 e. The van der Waals surface area contributed by atoms with Crippen molar-refractivity contribution in [1.29, 1.82) is 0 Å². The van der Waals surface area contributed by atoms with Gasteiger partial charge in [-0.1, -0.05) is 18.2 Å². The van der Waals surface area contributed by atoms with Crippen LogP contribution in [0.15, 0.2) is 30.3 Å². The second-order valence-electron chi connectivity index (χ2n) is 3.57. The summed E-state index contributed by atoms with van der Waals surface area (Å²) in [5.74, 6) is -0.500. The third-order valence-corrected chi connectivity index (χ3v) is 2.04. The quantitative estimate of drug-likeness (QED) is 0.854. The summed E-state index contributed by atoms with van der Waals surface area (Å²) in [5.41, 5.74) is 0.554. The summed E-state index contributed by atoms with van der Waals surface area (Å²) in [6, 6.07) is 7.65. The Bertz CT molecular complexity index is 365. The fraction of sp³-hybridized carbons (Fsp3) is 0.364. The van der Waals surface area contributed by atoms with E-state index in [9.17, 15) is 18.0 Å². The van der Waals surface area contributed by atoms with Crippen molar-refractivity contribution in [2.45, 2.75) is 19.1 Å². The molecule has 2 N–H and O–H groups in total. The first-order chi connectivity index (χ1) is 7.88. The number of nitrogens with one attached hydrogen (secondary N) is 2. The van der Waals surface area contributed by atoms with E-state index in [2.05, 4.69) is 10.6 Å². The van der Waals surface area contributed by atoms with Gasteiger partial charge in [0.05, 0.1) is 12.6 Å². The minimum Gasteiger partial charge on any atom is -0.325 e. The summed E-state index contributed by atoms with van der Waals surface area (Å²) < 4.78 is 35.7. The van der Waals surface area contributed by atoms with E-state index < -0.39 is 24.7 Å². The van der Waals surface area contributed by atoms with Crippen LogP contribution in [0, 0.1) is 0 Å². The zero-order valence-electron chi connectivity index (χ0n) is 9.21. The summed E-state index contributed by atoms with van der Waals surface area (Å²) in [7, 11) is 0. The number of benzene rings is 1. The molecule has 0 aromatic heterocycles. The predicted molar refractivity (Wildman–Crippen MR) is 58.6 cm³/mol. The first kappa shape index (κ1) is 13.5. The molecular formula is C11H13F3N2O. The van der Waals surface area contributed by atoms with Crippen molar-refractivity contribution in [3.8, 4) is 0 Å². The van der Waals surface area contributed by atoms with Gasteiger partial charge in [0, 0.05) is 5.69 Å². The summed E-state index contributed by atoms with van der Waals surface area (Å²) >= 11 is 0. The van der Waals surface area contributed by atoms with Crippen molar-refractivity contribution >= 4 is 11.6 Å². The minimum atomic E-state index is -4.32. The number of carbonyl (C=O) groups excluding carboxylic acids is 1. The van der Waals surface area contributed by atoms with Crippen LogP contribution >= 0.6 is 0 Å². The SMILES string of the molecule is CC(NCC(F)(F)F)C(=O)Nc1ccccc1. The Morgan fingerprint density at radius 3 is 2.41 bits per heavy atom. The molecule has 17 heavy (non-hydrogen) atoms. The van der Waals surface area contributed by atoms with E-state index in [1.807, 2.05) is 0 Å². The highest BCUT2D eigenvalue weighted by atomic mass is 19.4. The number of rotatable bonds is 4. The van der Waals surface area contributed by atoms with Crippen molar-refractivity contribution < 1.29 is 18.0 Å². The summed E-state index contributed by atoms with van der Waals surface area (Å²) in [4.78, 5) is 11.5. The number of anilines is 1. The Balaban J connectivity index is 2.43. The molecule has 3 nitrogen and oxygen atoms in total. The second kappa shape index (κ2) is 5.67. The maximum Gasteiger partial charge on any atom is 0.401 e. The number of amides is 1. The lowest BCUT2D eigenvalue weighted by Crippen LogP contribution is -2.42. The lowest BCUT2D eigenvalue weighted by Gasteiger charge is -2.15. The van der Waals surface area contributed by atoms with E-state index in [1.165, 1.54) is 6.92 Å². The van der Waals surface area contributed by atoms with Crippen LogP contribution in [0.5, 0.6) is 0 Å². The van der Waals surface area contributed by atoms with Crippen LogP contribution in [-0.2, 0) is 4.79 Å². The monoisotopic (exact) mass is 246 g/mol. The normalized spacial score (nSPS) is 13.2. The van der Waals surface area contributed by atoms with E-state index in [1.54, 1.807) is 30.3 Å². The fourth-order valence-corrected chi connectivity index (χ4v) is 1.13. The molecule has 0 aliphatic rings. The third kappa shape index (κ3) is 5.35. The van der Waals surface area contributed by atoms with E-state index in [-0.39, 0.29) is 0 Å². The van der Waals surface area contributed by atoms with Gasteiger partial charge in [-0.3, -0.25) is 10.1 Å². The Morgan fingerprint density at radius 1 is 1.29 bits per heavy atom. The molecule has 0 fully saturated rings. The van der Waals surface area contributed by atoms with Crippen LogP contribution < -0.4 is 10.6 Å². The van der Waals surface area contributed by atoms with Gasteiger partial charge in [-0.25, -0.2) is 0 Å². The van der Waals surface area contributed by atoms with Crippen LogP contribution in [0.4, 0.5) is 18.9 Å². The highest BCUT2D eigenvalue weighted by molar-refractivity contribution is 5.94. The second-order valence-corrected chi connectivity index (χ2v) is 3.57. The highest BCUT2D eigenvalue weighted by Crippen LogP contribution is 2.12.